The van der Waals surface area contributed by atoms with Crippen molar-refractivity contribution in [2.75, 3.05) is 0 Å². The Kier molecular flexibility index (Phi) is 2.71. The molecule has 1 aromatic heterocycles. The number of pyridine rings is 1. The van der Waals surface area contributed by atoms with E-state index in [0.717, 1.165) is 6.42 Å². The molecule has 1 aliphatic rings. The predicted octanol–water partition coefficient (Wildman–Crippen LogP) is 1.78. The van der Waals surface area contributed by atoms with Gasteiger partial charge in [-0.1, -0.05) is 13.0 Å². The lowest BCUT2D eigenvalue weighted by Crippen LogP contribution is -2.32. The second-order valence-electron chi connectivity index (χ2n) is 4.27. The molecule has 0 N–H and O–H groups in total. The van der Waals surface area contributed by atoms with Crippen LogP contribution in [-0.2, 0) is 4.79 Å². The van der Waals surface area contributed by atoms with Crippen LogP contribution in [0, 0.1) is 5.92 Å². The molecule has 2 unspecified atom stereocenters. The van der Waals surface area contributed by atoms with E-state index in [1.54, 1.807) is 22.9 Å². The zero-order valence-electron chi connectivity index (χ0n) is 8.85. The number of hydrogen-bond donors (Lipinski definition) is 0. The van der Waals surface area contributed by atoms with Crippen molar-refractivity contribution in [3.05, 3.63) is 34.7 Å². The Hall–Kier alpha value is -1.38. The fourth-order valence-corrected chi connectivity index (χ4v) is 2.20. The van der Waals surface area contributed by atoms with Gasteiger partial charge in [0, 0.05) is 31.1 Å². The maximum atomic E-state index is 11.6. The highest BCUT2D eigenvalue weighted by Crippen LogP contribution is 2.30. The van der Waals surface area contributed by atoms with Crippen LogP contribution in [0.15, 0.2) is 29.2 Å². The predicted molar refractivity (Wildman–Crippen MR) is 57.8 cm³/mol. The smallest absolute Gasteiger partial charge is 0.250 e. The first kappa shape index (κ1) is 10.1. The molecule has 0 radical (unpaired) electrons. The van der Waals surface area contributed by atoms with Gasteiger partial charge in [0.1, 0.15) is 5.78 Å². The monoisotopic (exact) mass is 205 g/mol. The molecule has 1 heterocycles. The molecule has 0 spiro atoms. The fourth-order valence-electron chi connectivity index (χ4n) is 2.20. The second kappa shape index (κ2) is 4.01. The Morgan fingerprint density at radius 2 is 2.13 bits per heavy atom. The summed E-state index contributed by atoms with van der Waals surface area (Å²) in [5, 5.41) is 0. The lowest BCUT2D eigenvalue weighted by molar-refractivity contribution is -0.122. The van der Waals surface area contributed by atoms with Crippen molar-refractivity contribution in [1.29, 1.82) is 0 Å². The molecule has 80 valence electrons. The molecule has 2 atom stereocenters. The highest BCUT2D eigenvalue weighted by Gasteiger charge is 2.27. The van der Waals surface area contributed by atoms with E-state index in [4.69, 9.17) is 0 Å². The van der Waals surface area contributed by atoms with Crippen LogP contribution in [0.2, 0.25) is 0 Å². The molecule has 1 saturated carbocycles. The van der Waals surface area contributed by atoms with E-state index in [0.29, 0.717) is 18.8 Å². The van der Waals surface area contributed by atoms with Crippen molar-refractivity contribution in [1.82, 2.24) is 4.57 Å². The van der Waals surface area contributed by atoms with Crippen LogP contribution in [0.4, 0.5) is 0 Å². The number of carbonyl (C=O) groups excluding carboxylic acids is 1. The van der Waals surface area contributed by atoms with Gasteiger partial charge in [-0.3, -0.25) is 9.59 Å². The summed E-state index contributed by atoms with van der Waals surface area (Å²) in [6.45, 7) is 2.11. The maximum absolute atomic E-state index is 11.6. The first-order valence-corrected chi connectivity index (χ1v) is 5.37. The molecular weight excluding hydrogens is 190 g/mol. The molecule has 0 amide bonds. The highest BCUT2D eigenvalue weighted by molar-refractivity contribution is 5.79. The van der Waals surface area contributed by atoms with Crippen molar-refractivity contribution >= 4 is 5.78 Å². The van der Waals surface area contributed by atoms with Crippen LogP contribution in [-0.4, -0.2) is 10.4 Å². The minimum Gasteiger partial charge on any atom is -0.312 e. The van der Waals surface area contributed by atoms with Crippen LogP contribution in [0.25, 0.3) is 0 Å². The van der Waals surface area contributed by atoms with E-state index in [-0.39, 0.29) is 17.4 Å². The van der Waals surface area contributed by atoms with E-state index in [9.17, 15) is 9.59 Å². The first-order chi connectivity index (χ1) is 7.18. The topological polar surface area (TPSA) is 39.1 Å². The number of ketones is 1. The quantitative estimate of drug-likeness (QED) is 0.701. The Labute approximate surface area is 88.7 Å². The van der Waals surface area contributed by atoms with E-state index < -0.39 is 0 Å². The Morgan fingerprint density at radius 1 is 1.33 bits per heavy atom. The zero-order chi connectivity index (χ0) is 10.8. The normalized spacial score (nSPS) is 26.6. The number of carbonyl (C=O) groups is 1. The van der Waals surface area contributed by atoms with Crippen molar-refractivity contribution in [2.45, 2.75) is 32.2 Å². The summed E-state index contributed by atoms with van der Waals surface area (Å²) in [6, 6.07) is 5.17. The molecule has 1 aliphatic carbocycles. The van der Waals surface area contributed by atoms with E-state index in [2.05, 4.69) is 6.92 Å². The van der Waals surface area contributed by atoms with Gasteiger partial charge in [-0.2, -0.15) is 0 Å². The lowest BCUT2D eigenvalue weighted by atomic mass is 9.85. The summed E-state index contributed by atoms with van der Waals surface area (Å²) in [5.41, 5.74) is -0.0101. The van der Waals surface area contributed by atoms with Gasteiger partial charge in [0.25, 0.3) is 5.56 Å². The van der Waals surface area contributed by atoms with Crippen molar-refractivity contribution in [3.8, 4) is 0 Å². The molecule has 1 aromatic rings. The first-order valence-electron chi connectivity index (χ1n) is 5.37. The third kappa shape index (κ3) is 2.01. The van der Waals surface area contributed by atoms with Gasteiger partial charge < -0.3 is 4.57 Å². The maximum Gasteiger partial charge on any atom is 0.250 e. The molecule has 3 nitrogen and oxygen atoms in total. The Bertz CT molecular complexity index is 422. The fraction of sp³-hybridized carbons (Fsp3) is 0.500. The van der Waals surface area contributed by atoms with Crippen molar-refractivity contribution < 1.29 is 4.79 Å². The van der Waals surface area contributed by atoms with E-state index in [1.807, 2.05) is 6.07 Å². The number of hydrogen-bond acceptors (Lipinski definition) is 2. The molecule has 0 bridgehead atoms. The third-order valence-electron chi connectivity index (χ3n) is 3.18. The van der Waals surface area contributed by atoms with Crippen LogP contribution < -0.4 is 5.56 Å². The van der Waals surface area contributed by atoms with Crippen LogP contribution in [0.3, 0.4) is 0 Å². The van der Waals surface area contributed by atoms with Gasteiger partial charge in [-0.25, -0.2) is 0 Å². The standard InChI is InChI=1S/C12H15NO2/c1-9-5-6-10(14)8-11(9)13-7-3-2-4-12(13)15/h2-4,7,9,11H,5-6,8H2,1H3. The summed E-state index contributed by atoms with van der Waals surface area (Å²) in [5.74, 6) is 0.677. The van der Waals surface area contributed by atoms with Gasteiger partial charge in [-0.05, 0) is 18.4 Å². The molecule has 3 heteroatoms. The Morgan fingerprint density at radius 3 is 2.87 bits per heavy atom. The number of aromatic nitrogens is 1. The van der Waals surface area contributed by atoms with Gasteiger partial charge in [-0.15, -0.1) is 0 Å². The van der Waals surface area contributed by atoms with Gasteiger partial charge in [0.15, 0.2) is 0 Å². The minimum atomic E-state index is -0.0101. The minimum absolute atomic E-state index is 0.0101. The average Bonchev–Trinajstić information content (AvgIpc) is 2.23. The summed E-state index contributed by atoms with van der Waals surface area (Å²) in [4.78, 5) is 23.0. The van der Waals surface area contributed by atoms with Gasteiger partial charge in [0.2, 0.25) is 0 Å². The molecule has 2 rings (SSSR count). The zero-order valence-corrected chi connectivity index (χ0v) is 8.85. The summed E-state index contributed by atoms with van der Waals surface area (Å²) in [6.07, 6.45) is 3.84. The highest BCUT2D eigenvalue weighted by atomic mass is 16.1. The van der Waals surface area contributed by atoms with Gasteiger partial charge in [0.05, 0.1) is 0 Å². The second-order valence-corrected chi connectivity index (χ2v) is 4.27. The van der Waals surface area contributed by atoms with Crippen LogP contribution in [0.5, 0.6) is 0 Å². The van der Waals surface area contributed by atoms with E-state index in [1.165, 1.54) is 0 Å². The average molecular weight is 205 g/mol. The van der Waals surface area contributed by atoms with E-state index >= 15 is 0 Å². The number of rotatable bonds is 1. The molecular formula is C12H15NO2. The molecule has 0 aromatic carbocycles. The van der Waals surface area contributed by atoms with Crippen LogP contribution >= 0.6 is 0 Å². The van der Waals surface area contributed by atoms with Crippen molar-refractivity contribution in [3.63, 3.8) is 0 Å². The van der Waals surface area contributed by atoms with Gasteiger partial charge >= 0.3 is 0 Å². The molecule has 0 aliphatic heterocycles. The number of Topliss-reactive ketones (excluding diaryl/α,β-unsaturated/α-hetero) is 1. The SMILES string of the molecule is CC1CCC(=O)CC1n1ccccc1=O. The summed E-state index contributed by atoms with van der Waals surface area (Å²) in [7, 11) is 0. The number of nitrogens with zero attached hydrogens (tertiary/aromatic N) is 1. The lowest BCUT2D eigenvalue weighted by Gasteiger charge is -2.29. The van der Waals surface area contributed by atoms with Crippen molar-refractivity contribution in [2.24, 2.45) is 5.92 Å². The Balaban J connectivity index is 2.33. The molecule has 1 fully saturated rings. The summed E-state index contributed by atoms with van der Waals surface area (Å²) >= 11 is 0. The largest absolute Gasteiger partial charge is 0.312 e. The molecule has 15 heavy (non-hydrogen) atoms. The third-order valence-corrected chi connectivity index (χ3v) is 3.18. The molecule has 0 saturated heterocycles. The van der Waals surface area contributed by atoms with Crippen LogP contribution in [0.1, 0.15) is 32.2 Å². The summed E-state index contributed by atoms with van der Waals surface area (Å²) < 4.78 is 1.70.